The van der Waals surface area contributed by atoms with E-state index in [0.29, 0.717) is 18.6 Å². The van der Waals surface area contributed by atoms with Crippen molar-refractivity contribution in [2.24, 2.45) is 7.05 Å². The summed E-state index contributed by atoms with van der Waals surface area (Å²) >= 11 is 12.5. The fraction of sp³-hybridized carbons (Fsp3) is 0.273. The van der Waals surface area contributed by atoms with Gasteiger partial charge < -0.3 is 9.47 Å². The molecule has 0 saturated carbocycles. The molecule has 0 unspecified atom stereocenters. The van der Waals surface area contributed by atoms with Crippen LogP contribution in [-0.2, 0) is 7.05 Å². The number of carbonyl (C=O) groups is 1. The van der Waals surface area contributed by atoms with Gasteiger partial charge in [-0.05, 0) is 6.92 Å². The van der Waals surface area contributed by atoms with Gasteiger partial charge >= 0.3 is 0 Å². The maximum Gasteiger partial charge on any atom is 0.270 e. The molecule has 0 aromatic heterocycles. The second-order valence-electron chi connectivity index (χ2n) is 3.94. The maximum absolute atomic E-state index is 12.2. The number of hydrogen-bond acceptors (Lipinski definition) is 6. The molecule has 0 atom stereocenters. The van der Waals surface area contributed by atoms with Crippen LogP contribution in [0, 0.1) is 20.6 Å². The van der Waals surface area contributed by atoms with Crippen molar-refractivity contribution >= 4 is 58.5 Å². The van der Waals surface area contributed by atoms with E-state index in [9.17, 15) is 9.59 Å². The van der Waals surface area contributed by atoms with Gasteiger partial charge in [0.15, 0.2) is 0 Å². The van der Waals surface area contributed by atoms with E-state index >= 15 is 0 Å². The highest BCUT2D eigenvalue weighted by Gasteiger charge is 2.17. The summed E-state index contributed by atoms with van der Waals surface area (Å²) in [4.78, 5) is 26.8. The van der Waals surface area contributed by atoms with Crippen LogP contribution in [0.15, 0.2) is 4.79 Å². The Kier molecular flexibility index (Phi) is 3.95. The van der Waals surface area contributed by atoms with E-state index in [2.05, 4.69) is 0 Å². The molecule has 0 radical (unpaired) electrons. The number of nitrogens with zero attached hydrogens (tertiary/aromatic N) is 2. The summed E-state index contributed by atoms with van der Waals surface area (Å²) in [6.45, 7) is 1.82. The number of hydrogen-bond donors (Lipinski definition) is 0. The van der Waals surface area contributed by atoms with E-state index in [4.69, 9.17) is 24.4 Å². The molecule has 0 fully saturated rings. The third-order valence-corrected chi connectivity index (χ3v) is 6.22. The van der Waals surface area contributed by atoms with Crippen LogP contribution in [0.1, 0.15) is 14.5 Å². The lowest BCUT2D eigenvalue weighted by molar-refractivity contribution is 0.0881. The van der Waals surface area contributed by atoms with Gasteiger partial charge in [0.05, 0.1) is 10.0 Å². The summed E-state index contributed by atoms with van der Waals surface area (Å²) < 4.78 is 3.21. The first-order valence-electron chi connectivity index (χ1n) is 5.24. The second-order valence-corrected chi connectivity index (χ2v) is 6.78. The average molecular weight is 330 g/mol. The molecule has 0 spiro atoms. The third kappa shape index (κ3) is 2.29. The van der Waals surface area contributed by atoms with Crippen molar-refractivity contribution in [3.8, 4) is 0 Å². The minimum Gasteiger partial charge on any atom is -0.307 e. The van der Waals surface area contributed by atoms with E-state index in [1.807, 2.05) is 6.92 Å². The summed E-state index contributed by atoms with van der Waals surface area (Å²) in [6, 6.07) is 0. The largest absolute Gasteiger partial charge is 0.307 e. The molecule has 1 amide bonds. The molecular formula is C11H10N2O2S4. The number of aromatic nitrogens is 1. The van der Waals surface area contributed by atoms with Crippen LogP contribution in [0.4, 0.5) is 0 Å². The monoisotopic (exact) mass is 330 g/mol. The third-order valence-electron chi connectivity index (χ3n) is 2.66. The first kappa shape index (κ1) is 14.4. The van der Waals surface area contributed by atoms with E-state index in [1.54, 1.807) is 14.1 Å². The van der Waals surface area contributed by atoms with E-state index < -0.39 is 0 Å². The molecule has 4 nitrogen and oxygen atoms in total. The molecule has 0 aliphatic carbocycles. The van der Waals surface area contributed by atoms with Gasteiger partial charge in [0, 0.05) is 19.0 Å². The van der Waals surface area contributed by atoms with Crippen molar-refractivity contribution in [2.75, 3.05) is 7.05 Å². The predicted octanol–water partition coefficient (Wildman–Crippen LogP) is 2.30. The Labute approximate surface area is 127 Å². The molecule has 19 heavy (non-hydrogen) atoms. The van der Waals surface area contributed by atoms with Gasteiger partial charge in [-0.3, -0.25) is 9.59 Å². The van der Waals surface area contributed by atoms with Crippen LogP contribution in [0.2, 0.25) is 0 Å². The van der Waals surface area contributed by atoms with Crippen molar-refractivity contribution in [1.29, 1.82) is 0 Å². The lowest BCUT2D eigenvalue weighted by Crippen LogP contribution is -2.24. The molecule has 2 heterocycles. The van der Waals surface area contributed by atoms with Crippen LogP contribution >= 0.6 is 47.1 Å². The first-order valence-corrected chi connectivity index (χ1v) is 7.75. The molecule has 0 bridgehead atoms. The molecule has 100 valence electrons. The molecule has 0 aromatic rings. The highest BCUT2D eigenvalue weighted by atomic mass is 32.1. The highest BCUT2D eigenvalue weighted by molar-refractivity contribution is 7.78. The number of thiocarbonyl (C=S) groups is 1. The molecule has 2 aliphatic rings. The lowest BCUT2D eigenvalue weighted by atomic mass is 10.4. The Morgan fingerprint density at radius 2 is 2.00 bits per heavy atom. The van der Waals surface area contributed by atoms with E-state index in [1.165, 1.54) is 37.6 Å². The molecule has 2 aliphatic heterocycles. The number of rotatable bonds is 2. The highest BCUT2D eigenvalue weighted by Crippen LogP contribution is 2.22. The van der Waals surface area contributed by atoms with Crippen molar-refractivity contribution in [3.63, 3.8) is 0 Å². The van der Waals surface area contributed by atoms with Crippen LogP contribution in [0.5, 0.6) is 0 Å². The fourth-order valence-corrected chi connectivity index (χ4v) is 4.40. The fourth-order valence-electron chi connectivity index (χ4n) is 1.55. The van der Waals surface area contributed by atoms with Gasteiger partial charge in [0.1, 0.15) is 14.1 Å². The Morgan fingerprint density at radius 3 is 2.58 bits per heavy atom. The Hall–Kier alpha value is -0.960. The molecule has 2 rings (SSSR count). The van der Waals surface area contributed by atoms with E-state index in [0.717, 1.165) is 4.88 Å². The van der Waals surface area contributed by atoms with Gasteiger partial charge in [-0.1, -0.05) is 24.4 Å². The number of aryl methyl sites for hydroxylation is 1. The smallest absolute Gasteiger partial charge is 0.270 e. The quantitative estimate of drug-likeness (QED) is 0.793. The molecule has 8 heteroatoms. The topological polar surface area (TPSA) is 42.3 Å². The summed E-state index contributed by atoms with van der Waals surface area (Å²) in [5, 5.41) is 0. The summed E-state index contributed by atoms with van der Waals surface area (Å²) in [5.74, 6) is -0.179. The standard InChI is InChI=1S/C11H10N2O2S4/c1-5-6(9(14)12(2)4-16)19-8-7(18-5)10(15)13(3)11(8)17/h4H,1-3H3. The van der Waals surface area contributed by atoms with Gasteiger partial charge in [0.2, 0.25) is 0 Å². The zero-order valence-electron chi connectivity index (χ0n) is 10.4. The van der Waals surface area contributed by atoms with Crippen molar-refractivity contribution in [2.45, 2.75) is 6.92 Å². The summed E-state index contributed by atoms with van der Waals surface area (Å²) in [6.07, 6.45) is 0. The summed E-state index contributed by atoms with van der Waals surface area (Å²) in [7, 11) is 3.25. The van der Waals surface area contributed by atoms with Gasteiger partial charge in [-0.2, -0.15) is 0 Å². The van der Waals surface area contributed by atoms with Crippen LogP contribution in [0.3, 0.4) is 0 Å². The van der Waals surface area contributed by atoms with Crippen molar-refractivity contribution < 1.29 is 4.79 Å². The Bertz CT molecular complexity index is 845. The minimum absolute atomic E-state index is 0.105. The number of amides is 1. The van der Waals surface area contributed by atoms with Crippen molar-refractivity contribution in [1.82, 2.24) is 9.47 Å². The van der Waals surface area contributed by atoms with Gasteiger partial charge in [-0.25, -0.2) is 0 Å². The lowest BCUT2D eigenvalue weighted by Gasteiger charge is -2.10. The van der Waals surface area contributed by atoms with Crippen LogP contribution in [0.25, 0.3) is 0 Å². The Morgan fingerprint density at radius 1 is 1.37 bits per heavy atom. The normalized spacial score (nSPS) is 10.7. The maximum atomic E-state index is 12.2. The molecule has 0 saturated heterocycles. The van der Waals surface area contributed by atoms with Crippen molar-refractivity contribution in [3.05, 3.63) is 33.8 Å². The molecular weight excluding hydrogens is 320 g/mol. The van der Waals surface area contributed by atoms with E-state index in [-0.39, 0.29) is 11.5 Å². The zero-order valence-corrected chi connectivity index (χ0v) is 13.7. The first-order chi connectivity index (χ1) is 8.88. The predicted molar refractivity (Wildman–Crippen MR) is 84.1 cm³/mol. The Balaban J connectivity index is 2.84. The summed E-state index contributed by atoms with van der Waals surface area (Å²) in [5.41, 5.74) is 1.19. The zero-order chi connectivity index (χ0) is 14.3. The SMILES string of the molecule is Cc1sc2c(=O)n(C)c(=S)c=2sc1C(=O)N(C)C=S. The molecule has 0 aromatic carbocycles. The van der Waals surface area contributed by atoms with Crippen LogP contribution < -0.4 is 5.56 Å². The minimum atomic E-state index is -0.179. The average Bonchev–Trinajstić information content (AvgIpc) is 2.61. The molecule has 0 N–H and O–H groups in total. The number of carbonyl (C=O) groups excluding carboxylic acids is 1. The second kappa shape index (κ2) is 5.20. The van der Waals surface area contributed by atoms with Crippen LogP contribution in [-0.4, -0.2) is 27.9 Å². The van der Waals surface area contributed by atoms with Gasteiger partial charge in [0.25, 0.3) is 11.5 Å². The van der Waals surface area contributed by atoms with Gasteiger partial charge in [-0.15, -0.1) is 22.7 Å².